The lowest BCUT2D eigenvalue weighted by Crippen LogP contribution is -2.53. The van der Waals surface area contributed by atoms with Crippen molar-refractivity contribution in [3.63, 3.8) is 0 Å². The van der Waals surface area contributed by atoms with E-state index in [0.717, 1.165) is 18.4 Å². The lowest BCUT2D eigenvalue weighted by atomic mass is 9.89. The first kappa shape index (κ1) is 14.0. The Kier molecular flexibility index (Phi) is 4.81. The minimum Gasteiger partial charge on any atom is -0.329 e. The van der Waals surface area contributed by atoms with Crippen LogP contribution in [-0.2, 0) is 0 Å². The van der Waals surface area contributed by atoms with Gasteiger partial charge in [-0.15, -0.1) is 0 Å². The average Bonchev–Trinajstić information content (AvgIpc) is 3.07. The molecule has 0 heterocycles. The Morgan fingerprint density at radius 1 is 1.31 bits per heavy atom. The van der Waals surface area contributed by atoms with E-state index in [0.29, 0.717) is 6.04 Å². The summed E-state index contributed by atoms with van der Waals surface area (Å²) in [6.45, 7) is 10.0. The number of likely N-dealkylation sites (N-methyl/N-ethyl adjacent to an activating group) is 1. The first-order valence-electron chi connectivity index (χ1n) is 6.83. The summed E-state index contributed by atoms with van der Waals surface area (Å²) in [4.78, 5) is 2.53. The smallest absolute Gasteiger partial charge is 0.0303 e. The van der Waals surface area contributed by atoms with Gasteiger partial charge in [0.2, 0.25) is 0 Å². The van der Waals surface area contributed by atoms with E-state index in [1.54, 1.807) is 0 Å². The van der Waals surface area contributed by atoms with E-state index in [1.165, 1.54) is 25.7 Å². The highest BCUT2D eigenvalue weighted by atomic mass is 15.2. The van der Waals surface area contributed by atoms with Crippen molar-refractivity contribution < 1.29 is 0 Å². The Morgan fingerprint density at radius 3 is 2.25 bits per heavy atom. The van der Waals surface area contributed by atoms with E-state index < -0.39 is 0 Å². The molecule has 0 aliphatic heterocycles. The zero-order valence-corrected chi connectivity index (χ0v) is 11.8. The monoisotopic (exact) mass is 226 g/mol. The summed E-state index contributed by atoms with van der Waals surface area (Å²) in [7, 11) is 2.26. The SMILES string of the molecule is CC(C)CCC(C)(CN)N(C)C(C)C1CC1. The van der Waals surface area contributed by atoms with Gasteiger partial charge in [0.15, 0.2) is 0 Å². The molecule has 0 saturated heterocycles. The van der Waals surface area contributed by atoms with Crippen molar-refractivity contribution in [2.24, 2.45) is 17.6 Å². The predicted molar refractivity (Wildman–Crippen MR) is 71.5 cm³/mol. The summed E-state index contributed by atoms with van der Waals surface area (Å²) in [5, 5.41) is 0. The summed E-state index contributed by atoms with van der Waals surface area (Å²) >= 11 is 0. The van der Waals surface area contributed by atoms with Crippen molar-refractivity contribution in [2.75, 3.05) is 13.6 Å². The molecule has 2 nitrogen and oxygen atoms in total. The molecule has 0 radical (unpaired) electrons. The molecule has 0 spiro atoms. The zero-order valence-electron chi connectivity index (χ0n) is 11.8. The Bertz CT molecular complexity index is 211. The highest BCUT2D eigenvalue weighted by Gasteiger charge is 2.37. The second-order valence-corrected chi connectivity index (χ2v) is 6.32. The molecule has 96 valence electrons. The molecule has 0 aromatic heterocycles. The Hall–Kier alpha value is -0.0800. The Morgan fingerprint density at radius 2 is 1.88 bits per heavy atom. The van der Waals surface area contributed by atoms with Gasteiger partial charge in [-0.25, -0.2) is 0 Å². The molecule has 2 heteroatoms. The Balaban J connectivity index is 2.54. The zero-order chi connectivity index (χ0) is 12.3. The second-order valence-electron chi connectivity index (χ2n) is 6.32. The van der Waals surface area contributed by atoms with Gasteiger partial charge in [-0.3, -0.25) is 4.90 Å². The number of nitrogens with zero attached hydrogens (tertiary/aromatic N) is 1. The van der Waals surface area contributed by atoms with E-state index in [9.17, 15) is 0 Å². The van der Waals surface area contributed by atoms with Crippen molar-refractivity contribution in [3.05, 3.63) is 0 Å². The van der Waals surface area contributed by atoms with Crippen LogP contribution in [-0.4, -0.2) is 30.1 Å². The van der Waals surface area contributed by atoms with Gasteiger partial charge < -0.3 is 5.73 Å². The molecule has 1 aliphatic rings. The van der Waals surface area contributed by atoms with Crippen LogP contribution in [0.25, 0.3) is 0 Å². The third-order valence-corrected chi connectivity index (χ3v) is 4.47. The molecule has 1 fully saturated rings. The lowest BCUT2D eigenvalue weighted by molar-refractivity contribution is 0.0765. The average molecular weight is 226 g/mol. The van der Waals surface area contributed by atoms with Gasteiger partial charge in [0.1, 0.15) is 0 Å². The standard InChI is InChI=1S/C14H30N2/c1-11(2)8-9-14(4,10-15)16(5)12(3)13-6-7-13/h11-13H,6-10,15H2,1-5H3. The molecule has 0 amide bonds. The fraction of sp³-hybridized carbons (Fsp3) is 1.00. The summed E-state index contributed by atoms with van der Waals surface area (Å²) in [6, 6.07) is 0.695. The van der Waals surface area contributed by atoms with Gasteiger partial charge >= 0.3 is 0 Å². The minimum atomic E-state index is 0.187. The number of rotatable bonds is 7. The van der Waals surface area contributed by atoms with Crippen molar-refractivity contribution in [3.8, 4) is 0 Å². The van der Waals surface area contributed by atoms with Crippen molar-refractivity contribution in [1.82, 2.24) is 4.90 Å². The van der Waals surface area contributed by atoms with Gasteiger partial charge in [0.25, 0.3) is 0 Å². The van der Waals surface area contributed by atoms with Crippen LogP contribution < -0.4 is 5.73 Å². The highest BCUT2D eigenvalue weighted by molar-refractivity contribution is 4.93. The molecular formula is C14H30N2. The van der Waals surface area contributed by atoms with Crippen molar-refractivity contribution >= 4 is 0 Å². The molecule has 0 bridgehead atoms. The molecule has 0 aromatic carbocycles. The maximum atomic E-state index is 6.01. The summed E-state index contributed by atoms with van der Waals surface area (Å²) < 4.78 is 0. The third kappa shape index (κ3) is 3.46. The van der Waals surface area contributed by atoms with Gasteiger partial charge in [0, 0.05) is 18.1 Å². The molecule has 1 saturated carbocycles. The van der Waals surface area contributed by atoms with Crippen LogP contribution in [0.5, 0.6) is 0 Å². The molecule has 1 rings (SSSR count). The molecule has 2 N–H and O–H groups in total. The second kappa shape index (κ2) is 5.50. The molecular weight excluding hydrogens is 196 g/mol. The van der Waals surface area contributed by atoms with Crippen LogP contribution in [0.15, 0.2) is 0 Å². The van der Waals surface area contributed by atoms with Crippen LogP contribution in [0, 0.1) is 11.8 Å². The topological polar surface area (TPSA) is 29.3 Å². The van der Waals surface area contributed by atoms with Gasteiger partial charge in [-0.2, -0.15) is 0 Å². The van der Waals surface area contributed by atoms with Crippen LogP contribution in [0.1, 0.15) is 53.4 Å². The first-order valence-corrected chi connectivity index (χ1v) is 6.83. The van der Waals surface area contributed by atoms with E-state index in [2.05, 4.69) is 39.6 Å². The van der Waals surface area contributed by atoms with Crippen LogP contribution in [0.3, 0.4) is 0 Å². The van der Waals surface area contributed by atoms with E-state index in [-0.39, 0.29) is 5.54 Å². The predicted octanol–water partition coefficient (Wildman–Crippen LogP) is 2.87. The highest BCUT2D eigenvalue weighted by Crippen LogP contribution is 2.37. The minimum absolute atomic E-state index is 0.187. The van der Waals surface area contributed by atoms with Crippen LogP contribution in [0.2, 0.25) is 0 Å². The first-order chi connectivity index (χ1) is 7.40. The molecule has 2 atom stereocenters. The number of hydrogen-bond acceptors (Lipinski definition) is 2. The molecule has 16 heavy (non-hydrogen) atoms. The van der Waals surface area contributed by atoms with E-state index in [4.69, 9.17) is 5.73 Å². The largest absolute Gasteiger partial charge is 0.329 e. The molecule has 2 unspecified atom stereocenters. The van der Waals surface area contributed by atoms with Gasteiger partial charge in [-0.05, 0) is 58.4 Å². The molecule has 0 aromatic rings. The maximum absolute atomic E-state index is 6.01. The van der Waals surface area contributed by atoms with Gasteiger partial charge in [0.05, 0.1) is 0 Å². The fourth-order valence-corrected chi connectivity index (χ4v) is 2.41. The lowest BCUT2D eigenvalue weighted by Gasteiger charge is -2.42. The summed E-state index contributed by atoms with van der Waals surface area (Å²) in [5.41, 5.74) is 6.20. The van der Waals surface area contributed by atoms with Crippen molar-refractivity contribution in [1.29, 1.82) is 0 Å². The normalized spacial score (nSPS) is 22.5. The van der Waals surface area contributed by atoms with Crippen molar-refractivity contribution in [2.45, 2.75) is 65.0 Å². The summed E-state index contributed by atoms with van der Waals surface area (Å²) in [5.74, 6) is 1.70. The number of nitrogens with two attached hydrogens (primary N) is 1. The Labute approximate surface area is 102 Å². The van der Waals surface area contributed by atoms with E-state index in [1.807, 2.05) is 0 Å². The van der Waals surface area contributed by atoms with E-state index >= 15 is 0 Å². The fourth-order valence-electron chi connectivity index (χ4n) is 2.41. The maximum Gasteiger partial charge on any atom is 0.0303 e. The van der Waals surface area contributed by atoms with Crippen LogP contribution >= 0.6 is 0 Å². The molecule has 1 aliphatic carbocycles. The van der Waals surface area contributed by atoms with Gasteiger partial charge in [-0.1, -0.05) is 13.8 Å². The van der Waals surface area contributed by atoms with Crippen LogP contribution in [0.4, 0.5) is 0 Å². The number of hydrogen-bond donors (Lipinski definition) is 1. The third-order valence-electron chi connectivity index (χ3n) is 4.47. The summed E-state index contributed by atoms with van der Waals surface area (Å²) in [6.07, 6.45) is 5.32. The quantitative estimate of drug-likeness (QED) is 0.723.